The Bertz CT molecular complexity index is 1280. The molecule has 0 aromatic heterocycles. The van der Waals surface area contributed by atoms with Gasteiger partial charge < -0.3 is 25.6 Å². The number of nitrogen functional groups attached to an aromatic ring is 1. The number of ether oxygens (including phenoxy) is 2. The summed E-state index contributed by atoms with van der Waals surface area (Å²) >= 11 is 6.72. The third kappa shape index (κ3) is 8.08. The summed E-state index contributed by atoms with van der Waals surface area (Å²) in [6.45, 7) is 3.96. The predicted octanol–water partition coefficient (Wildman–Crippen LogP) is 6.70. The zero-order chi connectivity index (χ0) is 26.9. The van der Waals surface area contributed by atoms with Crippen LogP contribution in [0.4, 0.5) is 21.9 Å². The minimum absolute atomic E-state index is 0.129. The fourth-order valence-electron chi connectivity index (χ4n) is 3.41. The number of phenolic OH excluding ortho intramolecular Hbond substituents is 1. The van der Waals surface area contributed by atoms with Crippen LogP contribution in [0.3, 0.4) is 0 Å². The number of nitrogens with one attached hydrogen (secondary N) is 2. The van der Waals surface area contributed by atoms with Crippen LogP contribution in [0.2, 0.25) is 0 Å². The molecule has 3 aromatic rings. The fourth-order valence-corrected chi connectivity index (χ4v) is 4.67. The van der Waals surface area contributed by atoms with E-state index < -0.39 is 24.2 Å². The molecule has 0 radical (unpaired) electrons. The maximum absolute atomic E-state index is 12.9. The molecule has 0 aliphatic carbocycles. The van der Waals surface area contributed by atoms with E-state index in [0.717, 1.165) is 5.56 Å². The Morgan fingerprint density at radius 3 is 2.46 bits per heavy atom. The van der Waals surface area contributed by atoms with Crippen LogP contribution in [-0.2, 0) is 14.3 Å². The first kappa shape index (κ1) is 28.2. The summed E-state index contributed by atoms with van der Waals surface area (Å²) in [6, 6.07) is 17.4. The lowest BCUT2D eigenvalue weighted by molar-refractivity contribution is -0.112. The minimum Gasteiger partial charge on any atom is -0.506 e. The topological polar surface area (TPSA) is 123 Å². The number of rotatable bonds is 9. The van der Waals surface area contributed by atoms with Gasteiger partial charge in [0.05, 0.1) is 15.8 Å². The summed E-state index contributed by atoms with van der Waals surface area (Å²) in [5, 5.41) is 16.2. The number of benzene rings is 3. The highest BCUT2D eigenvalue weighted by Crippen LogP contribution is 2.39. The van der Waals surface area contributed by atoms with Crippen molar-refractivity contribution in [2.45, 2.75) is 26.1 Å². The number of nitrogens with two attached hydrogens (primary N) is 1. The molecular weight excluding hydrogens is 606 g/mol. The van der Waals surface area contributed by atoms with Crippen molar-refractivity contribution in [2.24, 2.45) is 0 Å². The van der Waals surface area contributed by atoms with Crippen LogP contribution in [-0.4, -0.2) is 29.8 Å². The Morgan fingerprint density at radius 1 is 1.08 bits per heavy atom. The van der Waals surface area contributed by atoms with Crippen LogP contribution in [0.15, 0.2) is 81.8 Å². The molecule has 3 aromatic carbocycles. The molecule has 8 nitrogen and oxygen atoms in total. The molecule has 5 N–H and O–H groups in total. The van der Waals surface area contributed by atoms with Crippen molar-refractivity contribution in [3.8, 4) is 5.75 Å². The Balaban J connectivity index is 1.90. The maximum Gasteiger partial charge on any atom is 0.412 e. The second kappa shape index (κ2) is 13.3. The summed E-state index contributed by atoms with van der Waals surface area (Å²) in [5.41, 5.74) is 8.64. The van der Waals surface area contributed by atoms with E-state index in [9.17, 15) is 14.7 Å². The summed E-state index contributed by atoms with van der Waals surface area (Å²) in [4.78, 5) is 25.5. The molecule has 0 aliphatic rings. The van der Waals surface area contributed by atoms with E-state index in [1.165, 1.54) is 12.2 Å². The highest BCUT2D eigenvalue weighted by Gasteiger charge is 2.30. The number of aryl methyl sites for hydroxylation is 1. The lowest BCUT2D eigenvalue weighted by atomic mass is 10.0. The van der Waals surface area contributed by atoms with Gasteiger partial charge in [0.2, 0.25) is 5.91 Å². The number of halogens is 2. The van der Waals surface area contributed by atoms with Crippen molar-refractivity contribution in [3.63, 3.8) is 0 Å². The van der Waals surface area contributed by atoms with Gasteiger partial charge in [-0.3, -0.25) is 10.1 Å². The van der Waals surface area contributed by atoms with E-state index in [1.807, 2.05) is 19.1 Å². The second-order valence-corrected chi connectivity index (χ2v) is 9.77. The molecule has 0 spiro atoms. The van der Waals surface area contributed by atoms with Crippen LogP contribution < -0.4 is 16.4 Å². The third-order valence-electron chi connectivity index (χ3n) is 5.21. The van der Waals surface area contributed by atoms with Crippen molar-refractivity contribution in [1.82, 2.24) is 0 Å². The Kier molecular flexibility index (Phi) is 10.1. The molecule has 0 aliphatic heterocycles. The number of anilines is 3. The van der Waals surface area contributed by atoms with Crippen molar-refractivity contribution in [2.75, 3.05) is 23.0 Å². The first-order chi connectivity index (χ1) is 17.7. The van der Waals surface area contributed by atoms with Crippen molar-refractivity contribution >= 4 is 60.9 Å². The zero-order valence-corrected chi connectivity index (χ0v) is 23.4. The SMILES string of the molecule is CCO[C@H](/C=C/C(=O)Nc1ccccc1N)[C@H](OC(=O)Nc1ccc(C)cc1)c1cc(Br)cc(Br)c1O. The van der Waals surface area contributed by atoms with E-state index in [0.29, 0.717) is 26.0 Å². The zero-order valence-electron chi connectivity index (χ0n) is 20.2. The summed E-state index contributed by atoms with van der Waals surface area (Å²) in [7, 11) is 0. The minimum atomic E-state index is -1.11. The van der Waals surface area contributed by atoms with Gasteiger partial charge in [0, 0.05) is 28.4 Å². The molecule has 2 atom stereocenters. The van der Waals surface area contributed by atoms with Crippen molar-refractivity contribution in [1.29, 1.82) is 0 Å². The van der Waals surface area contributed by atoms with Gasteiger partial charge >= 0.3 is 6.09 Å². The smallest absolute Gasteiger partial charge is 0.412 e. The summed E-state index contributed by atoms with van der Waals surface area (Å²) in [6.07, 6.45) is -0.0463. The second-order valence-electron chi connectivity index (χ2n) is 8.00. The molecule has 0 saturated heterocycles. The number of amides is 2. The van der Waals surface area contributed by atoms with Gasteiger partial charge in [-0.2, -0.15) is 0 Å². The molecule has 194 valence electrons. The Morgan fingerprint density at radius 2 is 1.78 bits per heavy atom. The molecule has 10 heteroatoms. The number of hydrogen-bond acceptors (Lipinski definition) is 6. The van der Waals surface area contributed by atoms with Gasteiger partial charge in [0.25, 0.3) is 0 Å². The van der Waals surface area contributed by atoms with E-state index in [1.54, 1.807) is 55.5 Å². The predicted molar refractivity (Wildman–Crippen MR) is 152 cm³/mol. The number of hydrogen-bond donors (Lipinski definition) is 4. The van der Waals surface area contributed by atoms with Crippen LogP contribution in [0.1, 0.15) is 24.2 Å². The number of aromatic hydroxyl groups is 1. The molecule has 37 heavy (non-hydrogen) atoms. The Hall–Kier alpha value is -3.34. The fraction of sp³-hybridized carbons (Fsp3) is 0.185. The van der Waals surface area contributed by atoms with Crippen LogP contribution in [0.25, 0.3) is 0 Å². The highest BCUT2D eigenvalue weighted by molar-refractivity contribution is 9.11. The first-order valence-corrected chi connectivity index (χ1v) is 12.9. The molecule has 0 bridgehead atoms. The first-order valence-electron chi connectivity index (χ1n) is 11.4. The lowest BCUT2D eigenvalue weighted by Gasteiger charge is -2.26. The quantitative estimate of drug-likeness (QED) is 0.154. The third-order valence-corrected chi connectivity index (χ3v) is 6.27. The van der Waals surface area contributed by atoms with Gasteiger partial charge in [-0.05, 0) is 72.3 Å². The number of carbonyl (C=O) groups excluding carboxylic acids is 2. The highest BCUT2D eigenvalue weighted by atomic mass is 79.9. The van der Waals surface area contributed by atoms with E-state index in [4.69, 9.17) is 15.2 Å². The largest absolute Gasteiger partial charge is 0.506 e. The molecular formula is C27H27Br2N3O5. The van der Waals surface area contributed by atoms with Crippen molar-refractivity contribution in [3.05, 3.63) is 92.9 Å². The average molecular weight is 633 g/mol. The monoisotopic (exact) mass is 631 g/mol. The standard InChI is InChI=1S/C27H27Br2N3O5/c1-3-36-23(12-13-24(33)32-22-7-5-4-6-21(22)30)26(19-14-17(28)15-20(29)25(19)34)37-27(35)31-18-10-8-16(2)9-11-18/h4-15,23,26,34H,3,30H2,1-2H3,(H,31,35)(H,32,33)/b13-12+/t23-,26-/m1/s1. The average Bonchev–Trinajstić information content (AvgIpc) is 2.85. The van der Waals surface area contributed by atoms with Gasteiger partial charge in [-0.1, -0.05) is 45.8 Å². The number of carbonyl (C=O) groups is 2. The molecule has 0 unspecified atom stereocenters. The molecule has 0 heterocycles. The summed E-state index contributed by atoms with van der Waals surface area (Å²) in [5.74, 6) is -0.582. The number of para-hydroxylation sites is 2. The van der Waals surface area contributed by atoms with Crippen molar-refractivity contribution < 1.29 is 24.2 Å². The summed E-state index contributed by atoms with van der Waals surface area (Å²) < 4.78 is 12.6. The van der Waals surface area contributed by atoms with Gasteiger partial charge in [-0.15, -0.1) is 0 Å². The molecule has 2 amide bonds. The van der Waals surface area contributed by atoms with Crippen LogP contribution in [0.5, 0.6) is 5.75 Å². The number of phenols is 1. The Labute approximate surface area is 232 Å². The van der Waals surface area contributed by atoms with Crippen LogP contribution >= 0.6 is 31.9 Å². The van der Waals surface area contributed by atoms with E-state index >= 15 is 0 Å². The lowest BCUT2D eigenvalue weighted by Crippen LogP contribution is -2.28. The molecule has 0 fully saturated rings. The maximum atomic E-state index is 12.9. The van der Waals surface area contributed by atoms with Crippen LogP contribution in [0, 0.1) is 6.92 Å². The van der Waals surface area contributed by atoms with Gasteiger partial charge in [0.1, 0.15) is 11.9 Å². The molecule has 3 rings (SSSR count). The normalized spacial score (nSPS) is 12.6. The van der Waals surface area contributed by atoms with E-state index in [2.05, 4.69) is 42.5 Å². The molecule has 0 saturated carbocycles. The van der Waals surface area contributed by atoms with Gasteiger partial charge in [0.15, 0.2) is 6.10 Å². The van der Waals surface area contributed by atoms with E-state index in [-0.39, 0.29) is 17.9 Å². The van der Waals surface area contributed by atoms with Gasteiger partial charge in [-0.25, -0.2) is 4.79 Å².